The van der Waals surface area contributed by atoms with Crippen molar-refractivity contribution in [2.24, 2.45) is 0 Å². The number of rotatable bonds is 5. The molecule has 1 heterocycles. The highest BCUT2D eigenvalue weighted by atomic mass is 19.1. The fraction of sp³-hybridized carbons (Fsp3) is 0.211. The first kappa shape index (κ1) is 16.8. The molecule has 128 valence electrons. The van der Waals surface area contributed by atoms with Crippen LogP contribution in [0.4, 0.5) is 10.1 Å². The SMILES string of the molecule is Cc1ccc(NC(=O)CCc2nc(-c3ccc(F)cc3)no2)c(C)c1. The number of hydrogen-bond donors (Lipinski definition) is 1. The summed E-state index contributed by atoms with van der Waals surface area (Å²) in [5, 5.41) is 6.74. The summed E-state index contributed by atoms with van der Waals surface area (Å²) in [5.41, 5.74) is 3.63. The number of aromatic nitrogens is 2. The van der Waals surface area contributed by atoms with Crippen molar-refractivity contribution in [3.63, 3.8) is 0 Å². The Morgan fingerprint density at radius 1 is 1.16 bits per heavy atom. The Balaban J connectivity index is 1.58. The summed E-state index contributed by atoms with van der Waals surface area (Å²) in [4.78, 5) is 16.3. The molecule has 0 aliphatic rings. The minimum absolute atomic E-state index is 0.117. The summed E-state index contributed by atoms with van der Waals surface area (Å²) >= 11 is 0. The number of benzene rings is 2. The smallest absolute Gasteiger partial charge is 0.227 e. The lowest BCUT2D eigenvalue weighted by molar-refractivity contribution is -0.116. The van der Waals surface area contributed by atoms with Crippen LogP contribution in [0, 0.1) is 19.7 Å². The maximum Gasteiger partial charge on any atom is 0.227 e. The van der Waals surface area contributed by atoms with Crippen molar-refractivity contribution in [2.75, 3.05) is 5.32 Å². The van der Waals surface area contributed by atoms with E-state index < -0.39 is 0 Å². The second kappa shape index (κ2) is 7.25. The lowest BCUT2D eigenvalue weighted by Crippen LogP contribution is -2.13. The highest BCUT2D eigenvalue weighted by molar-refractivity contribution is 5.91. The molecule has 0 radical (unpaired) electrons. The van der Waals surface area contributed by atoms with E-state index in [0.717, 1.165) is 16.8 Å². The third-order valence-corrected chi connectivity index (χ3v) is 3.79. The summed E-state index contributed by atoms with van der Waals surface area (Å²) in [6.45, 7) is 3.96. The van der Waals surface area contributed by atoms with Gasteiger partial charge in [0.1, 0.15) is 5.82 Å². The van der Waals surface area contributed by atoms with E-state index in [-0.39, 0.29) is 18.1 Å². The van der Waals surface area contributed by atoms with Crippen molar-refractivity contribution in [3.8, 4) is 11.4 Å². The van der Waals surface area contributed by atoms with Gasteiger partial charge in [-0.25, -0.2) is 4.39 Å². The fourth-order valence-electron chi connectivity index (χ4n) is 2.46. The molecule has 0 bridgehead atoms. The number of amides is 1. The molecule has 0 aliphatic carbocycles. The van der Waals surface area contributed by atoms with Gasteiger partial charge >= 0.3 is 0 Å². The zero-order chi connectivity index (χ0) is 17.8. The zero-order valence-corrected chi connectivity index (χ0v) is 14.0. The van der Waals surface area contributed by atoms with Crippen LogP contribution < -0.4 is 5.32 Å². The van der Waals surface area contributed by atoms with Gasteiger partial charge in [0.25, 0.3) is 0 Å². The predicted molar refractivity (Wildman–Crippen MR) is 92.6 cm³/mol. The molecule has 1 N–H and O–H groups in total. The molecule has 0 atom stereocenters. The second-order valence-electron chi connectivity index (χ2n) is 5.89. The second-order valence-corrected chi connectivity index (χ2v) is 5.89. The van der Waals surface area contributed by atoms with Crippen LogP contribution in [0.1, 0.15) is 23.4 Å². The molecule has 6 heteroatoms. The molecule has 0 saturated heterocycles. The van der Waals surface area contributed by atoms with E-state index in [2.05, 4.69) is 15.5 Å². The summed E-state index contributed by atoms with van der Waals surface area (Å²) in [5.74, 6) is 0.309. The van der Waals surface area contributed by atoms with E-state index in [1.54, 1.807) is 12.1 Å². The topological polar surface area (TPSA) is 68.0 Å². The fourth-order valence-corrected chi connectivity index (χ4v) is 2.46. The Kier molecular flexibility index (Phi) is 4.88. The van der Waals surface area contributed by atoms with Crippen LogP contribution in [-0.2, 0) is 11.2 Å². The van der Waals surface area contributed by atoms with Crippen LogP contribution >= 0.6 is 0 Å². The molecular formula is C19H18FN3O2. The lowest BCUT2D eigenvalue weighted by atomic mass is 10.1. The Hall–Kier alpha value is -3.02. The van der Waals surface area contributed by atoms with Gasteiger partial charge in [0, 0.05) is 24.1 Å². The number of nitrogens with zero attached hydrogens (tertiary/aromatic N) is 2. The maximum absolute atomic E-state index is 12.9. The number of carbonyl (C=O) groups is 1. The standard InChI is InChI=1S/C19H18FN3O2/c1-12-3-8-16(13(2)11-12)21-17(24)9-10-18-22-19(23-25-18)14-4-6-15(20)7-5-14/h3-8,11H,9-10H2,1-2H3,(H,21,24). The van der Waals surface area contributed by atoms with E-state index in [1.165, 1.54) is 12.1 Å². The number of carbonyl (C=O) groups excluding carboxylic acids is 1. The van der Waals surface area contributed by atoms with Crippen LogP contribution in [-0.4, -0.2) is 16.0 Å². The number of halogens is 1. The van der Waals surface area contributed by atoms with Crippen molar-refractivity contribution in [1.82, 2.24) is 10.1 Å². The minimum atomic E-state index is -0.324. The minimum Gasteiger partial charge on any atom is -0.339 e. The zero-order valence-electron chi connectivity index (χ0n) is 14.0. The van der Waals surface area contributed by atoms with Crippen LogP contribution in [0.15, 0.2) is 47.0 Å². The Morgan fingerprint density at radius 2 is 1.92 bits per heavy atom. The molecule has 3 aromatic rings. The Morgan fingerprint density at radius 3 is 2.64 bits per heavy atom. The van der Waals surface area contributed by atoms with E-state index in [4.69, 9.17) is 4.52 Å². The molecule has 5 nitrogen and oxygen atoms in total. The van der Waals surface area contributed by atoms with Gasteiger partial charge in [0.05, 0.1) is 0 Å². The Labute approximate surface area is 144 Å². The van der Waals surface area contributed by atoms with Crippen molar-refractivity contribution in [3.05, 3.63) is 65.3 Å². The number of hydrogen-bond acceptors (Lipinski definition) is 4. The molecule has 25 heavy (non-hydrogen) atoms. The maximum atomic E-state index is 12.9. The summed E-state index contributed by atoms with van der Waals surface area (Å²) in [7, 11) is 0. The molecule has 0 saturated carbocycles. The van der Waals surface area contributed by atoms with Crippen molar-refractivity contribution < 1.29 is 13.7 Å². The monoisotopic (exact) mass is 339 g/mol. The van der Waals surface area contributed by atoms with Gasteiger partial charge in [-0.2, -0.15) is 4.98 Å². The van der Waals surface area contributed by atoms with E-state index >= 15 is 0 Å². The van der Waals surface area contributed by atoms with Gasteiger partial charge in [-0.15, -0.1) is 0 Å². The largest absolute Gasteiger partial charge is 0.339 e. The van der Waals surface area contributed by atoms with E-state index in [1.807, 2.05) is 32.0 Å². The molecule has 0 spiro atoms. The van der Waals surface area contributed by atoms with Gasteiger partial charge in [0.2, 0.25) is 17.6 Å². The van der Waals surface area contributed by atoms with Crippen molar-refractivity contribution >= 4 is 11.6 Å². The van der Waals surface area contributed by atoms with E-state index in [9.17, 15) is 9.18 Å². The quantitative estimate of drug-likeness (QED) is 0.761. The Bertz CT molecular complexity index is 888. The summed E-state index contributed by atoms with van der Waals surface area (Å²) < 4.78 is 18.1. The van der Waals surface area contributed by atoms with Crippen molar-refractivity contribution in [2.45, 2.75) is 26.7 Å². The first-order chi connectivity index (χ1) is 12.0. The van der Waals surface area contributed by atoms with Crippen molar-refractivity contribution in [1.29, 1.82) is 0 Å². The third-order valence-electron chi connectivity index (χ3n) is 3.79. The van der Waals surface area contributed by atoms with Crippen LogP contribution in [0.5, 0.6) is 0 Å². The average Bonchev–Trinajstić information content (AvgIpc) is 3.05. The van der Waals surface area contributed by atoms with Crippen LogP contribution in [0.3, 0.4) is 0 Å². The van der Waals surface area contributed by atoms with E-state index in [0.29, 0.717) is 23.7 Å². The lowest BCUT2D eigenvalue weighted by Gasteiger charge is -2.08. The normalized spacial score (nSPS) is 10.7. The third kappa shape index (κ3) is 4.29. The molecule has 0 fully saturated rings. The van der Waals surface area contributed by atoms with Crippen LogP contribution in [0.25, 0.3) is 11.4 Å². The number of nitrogens with one attached hydrogen (secondary N) is 1. The molecule has 0 aliphatic heterocycles. The number of anilines is 1. The molecule has 1 aromatic heterocycles. The predicted octanol–water partition coefficient (Wildman–Crippen LogP) is 4.06. The first-order valence-corrected chi connectivity index (χ1v) is 7.97. The summed E-state index contributed by atoms with van der Waals surface area (Å²) in [6.07, 6.45) is 0.573. The highest BCUT2D eigenvalue weighted by Gasteiger charge is 2.11. The van der Waals surface area contributed by atoms with Crippen LogP contribution in [0.2, 0.25) is 0 Å². The highest BCUT2D eigenvalue weighted by Crippen LogP contribution is 2.18. The molecule has 2 aromatic carbocycles. The van der Waals surface area contributed by atoms with Gasteiger partial charge in [-0.05, 0) is 49.7 Å². The average molecular weight is 339 g/mol. The van der Waals surface area contributed by atoms with Gasteiger partial charge in [0.15, 0.2) is 0 Å². The molecule has 0 unspecified atom stereocenters. The first-order valence-electron chi connectivity index (χ1n) is 7.97. The molecule has 3 rings (SSSR count). The van der Waals surface area contributed by atoms with Gasteiger partial charge < -0.3 is 9.84 Å². The molecular weight excluding hydrogens is 321 g/mol. The number of aryl methyl sites for hydroxylation is 3. The molecule has 1 amide bonds. The summed E-state index contributed by atoms with van der Waals surface area (Å²) in [6, 6.07) is 11.7. The van der Waals surface area contributed by atoms with Gasteiger partial charge in [-0.1, -0.05) is 22.9 Å². The van der Waals surface area contributed by atoms with Gasteiger partial charge in [-0.3, -0.25) is 4.79 Å².